The van der Waals surface area contributed by atoms with E-state index in [-0.39, 0.29) is 6.10 Å². The minimum absolute atomic E-state index is 0.0905. The maximum Gasteiger partial charge on any atom is 0.156 e. The maximum absolute atomic E-state index is 6.11. The van der Waals surface area contributed by atoms with Gasteiger partial charge in [-0.3, -0.25) is 4.68 Å². The topological polar surface area (TPSA) is 61.5 Å². The van der Waals surface area contributed by atoms with Crippen molar-refractivity contribution in [3.63, 3.8) is 0 Å². The van der Waals surface area contributed by atoms with Crippen LogP contribution >= 0.6 is 0 Å². The first-order valence-electron chi connectivity index (χ1n) is 10.3. The van der Waals surface area contributed by atoms with Gasteiger partial charge in [0.05, 0.1) is 32.5 Å². The number of ether oxygens (including phenoxy) is 2. The molecule has 0 amide bonds. The highest BCUT2D eigenvalue weighted by atomic mass is 16.6. The molecule has 1 aliphatic heterocycles. The van der Waals surface area contributed by atoms with Gasteiger partial charge in [0.1, 0.15) is 11.3 Å². The van der Waals surface area contributed by atoms with Crippen molar-refractivity contribution < 1.29 is 13.9 Å². The molecular formula is C24H25N3O3. The average Bonchev–Trinajstić information content (AvgIpc) is 3.39. The molecule has 4 aromatic rings. The highest BCUT2D eigenvalue weighted by Crippen LogP contribution is 2.29. The van der Waals surface area contributed by atoms with Gasteiger partial charge >= 0.3 is 0 Å². The van der Waals surface area contributed by atoms with E-state index in [1.807, 2.05) is 41.1 Å². The summed E-state index contributed by atoms with van der Waals surface area (Å²) in [7, 11) is 0. The molecule has 1 atom stereocenters. The average molecular weight is 403 g/mol. The Morgan fingerprint density at radius 2 is 1.90 bits per heavy atom. The van der Waals surface area contributed by atoms with Crippen LogP contribution in [-0.2, 0) is 22.6 Å². The lowest BCUT2D eigenvalue weighted by atomic mass is 10.2. The lowest BCUT2D eigenvalue weighted by Crippen LogP contribution is -2.37. The van der Waals surface area contributed by atoms with E-state index in [2.05, 4.69) is 35.8 Å². The van der Waals surface area contributed by atoms with Gasteiger partial charge in [0.15, 0.2) is 5.76 Å². The van der Waals surface area contributed by atoms with Gasteiger partial charge in [-0.2, -0.15) is 5.10 Å². The summed E-state index contributed by atoms with van der Waals surface area (Å²) in [6.07, 6.45) is 2.19. The Morgan fingerprint density at radius 1 is 1.03 bits per heavy atom. The highest BCUT2D eigenvalue weighted by Gasteiger charge is 2.18. The number of fused-ring (bicyclic) bond motifs is 1. The summed E-state index contributed by atoms with van der Waals surface area (Å²) in [4.78, 5) is 0. The number of para-hydroxylation sites is 1. The number of hydrogen-bond acceptors (Lipinski definition) is 5. The van der Waals surface area contributed by atoms with Crippen LogP contribution < -0.4 is 5.32 Å². The standard InChI is InChI=1S/C24H25N3O3/c1-2-6-18(7-3-1)15-27-16-20(13-25-14-21-17-28-10-11-29-21)24(26-27)23-12-19-8-4-5-9-22(19)30-23/h1-9,12,16,21,25H,10-11,13-15,17H2. The molecule has 0 radical (unpaired) electrons. The molecule has 6 nitrogen and oxygen atoms in total. The number of nitrogens with zero attached hydrogens (tertiary/aromatic N) is 2. The van der Waals surface area contributed by atoms with Gasteiger partial charge in [-0.15, -0.1) is 0 Å². The predicted octanol–water partition coefficient (Wildman–Crippen LogP) is 3.85. The second-order valence-electron chi connectivity index (χ2n) is 7.53. The van der Waals surface area contributed by atoms with Crippen LogP contribution in [0.15, 0.2) is 71.3 Å². The Hall–Kier alpha value is -2.93. The van der Waals surface area contributed by atoms with E-state index in [9.17, 15) is 0 Å². The van der Waals surface area contributed by atoms with Crippen LogP contribution in [0.1, 0.15) is 11.1 Å². The molecule has 0 saturated carbocycles. The monoisotopic (exact) mass is 403 g/mol. The normalized spacial score (nSPS) is 16.9. The first-order chi connectivity index (χ1) is 14.8. The third kappa shape index (κ3) is 4.31. The van der Waals surface area contributed by atoms with Crippen molar-refractivity contribution in [2.24, 2.45) is 0 Å². The minimum atomic E-state index is 0.0905. The molecule has 2 aromatic heterocycles. The fraction of sp³-hybridized carbons (Fsp3) is 0.292. The quantitative estimate of drug-likeness (QED) is 0.508. The number of benzene rings is 2. The molecule has 0 spiro atoms. The van der Waals surface area contributed by atoms with Crippen LogP contribution in [0.25, 0.3) is 22.4 Å². The molecule has 154 valence electrons. The molecule has 0 aliphatic carbocycles. The van der Waals surface area contributed by atoms with Crippen molar-refractivity contribution in [2.45, 2.75) is 19.2 Å². The molecule has 6 heteroatoms. The highest BCUT2D eigenvalue weighted by molar-refractivity contribution is 5.82. The number of rotatable bonds is 7. The summed E-state index contributed by atoms with van der Waals surface area (Å²) in [5.74, 6) is 0.789. The summed E-state index contributed by atoms with van der Waals surface area (Å²) >= 11 is 0. The van der Waals surface area contributed by atoms with Crippen molar-refractivity contribution in [2.75, 3.05) is 26.4 Å². The first-order valence-corrected chi connectivity index (χ1v) is 10.3. The third-order valence-electron chi connectivity index (χ3n) is 5.26. The molecule has 3 heterocycles. The molecule has 1 aliphatic rings. The Kier molecular flexibility index (Phi) is 5.61. The maximum atomic E-state index is 6.11. The van der Waals surface area contributed by atoms with Gasteiger partial charge in [-0.1, -0.05) is 48.5 Å². The summed E-state index contributed by atoms with van der Waals surface area (Å²) in [5, 5.41) is 9.44. The third-order valence-corrected chi connectivity index (χ3v) is 5.26. The molecule has 30 heavy (non-hydrogen) atoms. The Bertz CT molecular complexity index is 1060. The van der Waals surface area contributed by atoms with Crippen LogP contribution in [0.2, 0.25) is 0 Å². The second-order valence-corrected chi connectivity index (χ2v) is 7.53. The fourth-order valence-corrected chi connectivity index (χ4v) is 3.77. The van der Waals surface area contributed by atoms with E-state index in [1.165, 1.54) is 5.56 Å². The molecular weight excluding hydrogens is 378 g/mol. The number of furan rings is 1. The van der Waals surface area contributed by atoms with Gasteiger partial charge in [-0.25, -0.2) is 0 Å². The van der Waals surface area contributed by atoms with Crippen LogP contribution in [-0.4, -0.2) is 42.2 Å². The summed E-state index contributed by atoms with van der Waals surface area (Å²) in [6, 6.07) is 20.5. The summed E-state index contributed by atoms with van der Waals surface area (Å²) in [5.41, 5.74) is 4.05. The number of nitrogens with one attached hydrogen (secondary N) is 1. The van der Waals surface area contributed by atoms with E-state index in [0.29, 0.717) is 32.9 Å². The zero-order valence-electron chi connectivity index (χ0n) is 16.8. The SMILES string of the molecule is c1ccc(Cn2cc(CNCC3COCCO3)c(-c3cc4ccccc4o3)n2)cc1. The molecule has 2 aromatic carbocycles. The van der Waals surface area contributed by atoms with E-state index in [1.54, 1.807) is 0 Å². The Balaban J connectivity index is 1.39. The van der Waals surface area contributed by atoms with Gasteiger partial charge in [0, 0.05) is 30.2 Å². The van der Waals surface area contributed by atoms with Crippen LogP contribution in [0.3, 0.4) is 0 Å². The number of hydrogen-bond donors (Lipinski definition) is 1. The fourth-order valence-electron chi connectivity index (χ4n) is 3.77. The van der Waals surface area contributed by atoms with Crippen LogP contribution in [0.5, 0.6) is 0 Å². The van der Waals surface area contributed by atoms with Crippen molar-refractivity contribution in [1.82, 2.24) is 15.1 Å². The van der Waals surface area contributed by atoms with Gasteiger partial charge < -0.3 is 19.2 Å². The Morgan fingerprint density at radius 3 is 2.73 bits per heavy atom. The molecule has 5 rings (SSSR count). The zero-order valence-corrected chi connectivity index (χ0v) is 16.8. The Labute approximate surface area is 175 Å². The van der Waals surface area contributed by atoms with Crippen LogP contribution in [0.4, 0.5) is 0 Å². The molecule has 1 saturated heterocycles. The van der Waals surface area contributed by atoms with E-state index < -0.39 is 0 Å². The molecule has 0 bridgehead atoms. The summed E-state index contributed by atoms with van der Waals surface area (Å²) in [6.45, 7) is 4.11. The molecule has 1 fully saturated rings. The molecule has 1 unspecified atom stereocenters. The van der Waals surface area contributed by atoms with Gasteiger partial charge in [0.2, 0.25) is 0 Å². The van der Waals surface area contributed by atoms with Crippen LogP contribution in [0, 0.1) is 0 Å². The predicted molar refractivity (Wildman–Crippen MR) is 115 cm³/mol. The lowest BCUT2D eigenvalue weighted by Gasteiger charge is -2.23. The van der Waals surface area contributed by atoms with Crippen molar-refractivity contribution in [3.8, 4) is 11.5 Å². The van der Waals surface area contributed by atoms with E-state index in [4.69, 9.17) is 19.0 Å². The largest absolute Gasteiger partial charge is 0.454 e. The zero-order chi connectivity index (χ0) is 20.2. The van der Waals surface area contributed by atoms with E-state index >= 15 is 0 Å². The molecule has 1 N–H and O–H groups in total. The smallest absolute Gasteiger partial charge is 0.156 e. The van der Waals surface area contributed by atoms with Gasteiger partial charge in [0.25, 0.3) is 0 Å². The van der Waals surface area contributed by atoms with Crippen molar-refractivity contribution in [1.29, 1.82) is 0 Å². The lowest BCUT2D eigenvalue weighted by molar-refractivity contribution is -0.0864. The van der Waals surface area contributed by atoms with Gasteiger partial charge in [-0.05, 0) is 17.7 Å². The minimum Gasteiger partial charge on any atom is -0.454 e. The van der Waals surface area contributed by atoms with Crippen molar-refractivity contribution >= 4 is 11.0 Å². The van der Waals surface area contributed by atoms with E-state index in [0.717, 1.165) is 34.5 Å². The second kappa shape index (κ2) is 8.83. The summed E-state index contributed by atoms with van der Waals surface area (Å²) < 4.78 is 19.3. The van der Waals surface area contributed by atoms with Crippen molar-refractivity contribution in [3.05, 3.63) is 78.0 Å². The number of aromatic nitrogens is 2. The first kappa shape index (κ1) is 19.1.